The number of nitrogens with zero attached hydrogens (tertiary/aromatic N) is 2. The average Bonchev–Trinajstić information content (AvgIpc) is 2.65. The third kappa shape index (κ3) is 5.26. The van der Waals surface area contributed by atoms with Gasteiger partial charge in [0.2, 0.25) is 0 Å². The van der Waals surface area contributed by atoms with E-state index in [1.165, 1.54) is 24.5 Å². The molecule has 0 fully saturated rings. The molecule has 2 rings (SSSR count). The van der Waals surface area contributed by atoms with E-state index in [1.807, 2.05) is 6.92 Å². The van der Waals surface area contributed by atoms with Gasteiger partial charge in [0.25, 0.3) is 5.91 Å². The Hall–Kier alpha value is -3.49. The van der Waals surface area contributed by atoms with Gasteiger partial charge in [-0.25, -0.2) is 19.6 Å². The van der Waals surface area contributed by atoms with E-state index in [9.17, 15) is 14.4 Å². The SMILES string of the molecule is CCCOC(=O)c1ccc(NC(=O)COC(=O)c2nccnc2N)cc1. The topological polar surface area (TPSA) is 134 Å². The molecule has 0 aliphatic rings. The zero-order chi connectivity index (χ0) is 18.9. The molecule has 9 heteroatoms. The molecule has 0 saturated heterocycles. The van der Waals surface area contributed by atoms with Crippen molar-refractivity contribution in [2.75, 3.05) is 24.3 Å². The van der Waals surface area contributed by atoms with Gasteiger partial charge in [0.1, 0.15) is 0 Å². The Labute approximate surface area is 149 Å². The van der Waals surface area contributed by atoms with Crippen molar-refractivity contribution >= 4 is 29.4 Å². The summed E-state index contributed by atoms with van der Waals surface area (Å²) in [6.07, 6.45) is 3.36. The molecule has 1 amide bonds. The van der Waals surface area contributed by atoms with Crippen LogP contribution in [-0.2, 0) is 14.3 Å². The lowest BCUT2D eigenvalue weighted by Gasteiger charge is -2.08. The summed E-state index contributed by atoms with van der Waals surface area (Å²) in [4.78, 5) is 42.8. The minimum Gasteiger partial charge on any atom is -0.462 e. The third-order valence-corrected chi connectivity index (χ3v) is 3.10. The quantitative estimate of drug-likeness (QED) is 0.710. The predicted molar refractivity (Wildman–Crippen MR) is 92.4 cm³/mol. The van der Waals surface area contributed by atoms with E-state index in [1.54, 1.807) is 12.1 Å². The lowest BCUT2D eigenvalue weighted by molar-refractivity contribution is -0.119. The van der Waals surface area contributed by atoms with Crippen molar-refractivity contribution in [3.8, 4) is 0 Å². The van der Waals surface area contributed by atoms with Crippen LogP contribution in [0.1, 0.15) is 34.2 Å². The van der Waals surface area contributed by atoms with Gasteiger partial charge in [-0.05, 0) is 30.7 Å². The van der Waals surface area contributed by atoms with Crippen LogP contribution >= 0.6 is 0 Å². The molecule has 3 N–H and O–H groups in total. The van der Waals surface area contributed by atoms with Crippen LogP contribution in [0.3, 0.4) is 0 Å². The zero-order valence-electron chi connectivity index (χ0n) is 14.1. The van der Waals surface area contributed by atoms with Crippen LogP contribution < -0.4 is 11.1 Å². The molecule has 2 aromatic rings. The third-order valence-electron chi connectivity index (χ3n) is 3.10. The van der Waals surface area contributed by atoms with Crippen molar-refractivity contribution in [2.45, 2.75) is 13.3 Å². The Morgan fingerprint density at radius 3 is 2.38 bits per heavy atom. The van der Waals surface area contributed by atoms with Crippen molar-refractivity contribution in [2.24, 2.45) is 0 Å². The van der Waals surface area contributed by atoms with Crippen molar-refractivity contribution in [1.29, 1.82) is 0 Å². The number of amides is 1. The highest BCUT2D eigenvalue weighted by molar-refractivity contribution is 5.97. The highest BCUT2D eigenvalue weighted by Gasteiger charge is 2.15. The predicted octanol–water partition coefficient (Wildman–Crippen LogP) is 1.42. The fourth-order valence-corrected chi connectivity index (χ4v) is 1.87. The first-order valence-electron chi connectivity index (χ1n) is 7.82. The first-order valence-corrected chi connectivity index (χ1v) is 7.82. The first-order chi connectivity index (χ1) is 12.5. The summed E-state index contributed by atoms with van der Waals surface area (Å²) in [6.45, 7) is 1.73. The summed E-state index contributed by atoms with van der Waals surface area (Å²) in [6, 6.07) is 6.14. The van der Waals surface area contributed by atoms with Gasteiger partial charge < -0.3 is 20.5 Å². The van der Waals surface area contributed by atoms with Gasteiger partial charge in [-0.2, -0.15) is 0 Å². The Morgan fingerprint density at radius 2 is 1.73 bits per heavy atom. The Balaban J connectivity index is 1.85. The monoisotopic (exact) mass is 358 g/mol. The molecule has 0 aliphatic heterocycles. The normalized spacial score (nSPS) is 10.0. The molecule has 1 heterocycles. The second-order valence-corrected chi connectivity index (χ2v) is 5.13. The molecule has 0 unspecified atom stereocenters. The molecule has 9 nitrogen and oxygen atoms in total. The number of benzene rings is 1. The summed E-state index contributed by atoms with van der Waals surface area (Å²) >= 11 is 0. The lowest BCUT2D eigenvalue weighted by atomic mass is 10.2. The van der Waals surface area contributed by atoms with Crippen molar-refractivity contribution in [3.05, 3.63) is 47.9 Å². The molecular formula is C17H18N4O5. The second kappa shape index (κ2) is 9.11. The molecule has 0 atom stereocenters. The number of nitrogen functional groups attached to an aromatic ring is 1. The van der Waals surface area contributed by atoms with E-state index in [-0.39, 0.29) is 11.5 Å². The molecular weight excluding hydrogens is 340 g/mol. The van der Waals surface area contributed by atoms with E-state index in [0.717, 1.165) is 6.42 Å². The van der Waals surface area contributed by atoms with Crippen LogP contribution in [0.15, 0.2) is 36.7 Å². The molecule has 1 aromatic heterocycles. The van der Waals surface area contributed by atoms with E-state index >= 15 is 0 Å². The molecule has 0 spiro atoms. The van der Waals surface area contributed by atoms with Crippen molar-refractivity contribution < 1.29 is 23.9 Å². The first kappa shape index (κ1) is 18.8. The minimum atomic E-state index is -0.847. The number of carbonyl (C=O) groups is 3. The van der Waals surface area contributed by atoms with Crippen LogP contribution in [-0.4, -0.2) is 41.0 Å². The summed E-state index contributed by atoms with van der Waals surface area (Å²) in [5.41, 5.74) is 6.17. The number of aromatic nitrogens is 2. The van der Waals surface area contributed by atoms with E-state index in [2.05, 4.69) is 15.3 Å². The van der Waals surface area contributed by atoms with Gasteiger partial charge in [-0.1, -0.05) is 6.92 Å². The van der Waals surface area contributed by atoms with Gasteiger partial charge in [0.05, 0.1) is 12.2 Å². The summed E-state index contributed by atoms with van der Waals surface area (Å²) in [5, 5.41) is 2.54. The number of carbonyl (C=O) groups excluding carboxylic acids is 3. The van der Waals surface area contributed by atoms with E-state index in [4.69, 9.17) is 15.2 Å². The fraction of sp³-hybridized carbons (Fsp3) is 0.235. The highest BCUT2D eigenvalue weighted by atomic mass is 16.5. The molecule has 1 aromatic carbocycles. The standard InChI is InChI=1S/C17H18N4O5/c1-2-9-25-16(23)11-3-5-12(6-4-11)21-13(22)10-26-17(24)14-15(18)20-8-7-19-14/h3-8H,2,9-10H2,1H3,(H2,18,20)(H,21,22). The lowest BCUT2D eigenvalue weighted by Crippen LogP contribution is -2.22. The fourth-order valence-electron chi connectivity index (χ4n) is 1.87. The molecule has 0 saturated carbocycles. The number of anilines is 2. The van der Waals surface area contributed by atoms with Gasteiger partial charge in [-0.15, -0.1) is 0 Å². The number of nitrogens with one attached hydrogen (secondary N) is 1. The maximum Gasteiger partial charge on any atom is 0.361 e. The number of esters is 2. The van der Waals surface area contributed by atoms with Gasteiger partial charge in [0, 0.05) is 18.1 Å². The molecule has 0 radical (unpaired) electrons. The van der Waals surface area contributed by atoms with Crippen molar-refractivity contribution in [3.63, 3.8) is 0 Å². The summed E-state index contributed by atoms with van der Waals surface area (Å²) in [5.74, 6) is -1.91. The maximum absolute atomic E-state index is 11.8. The smallest absolute Gasteiger partial charge is 0.361 e. The maximum atomic E-state index is 11.8. The Morgan fingerprint density at radius 1 is 1.04 bits per heavy atom. The van der Waals surface area contributed by atoms with E-state index in [0.29, 0.717) is 17.9 Å². The van der Waals surface area contributed by atoms with Crippen molar-refractivity contribution in [1.82, 2.24) is 9.97 Å². The second-order valence-electron chi connectivity index (χ2n) is 5.13. The van der Waals surface area contributed by atoms with E-state index < -0.39 is 24.5 Å². The van der Waals surface area contributed by atoms with Crippen LogP contribution in [0, 0.1) is 0 Å². The number of hydrogen-bond acceptors (Lipinski definition) is 8. The number of hydrogen-bond donors (Lipinski definition) is 2. The highest BCUT2D eigenvalue weighted by Crippen LogP contribution is 2.11. The minimum absolute atomic E-state index is 0.0801. The average molecular weight is 358 g/mol. The number of nitrogens with two attached hydrogens (primary N) is 1. The van der Waals surface area contributed by atoms with Gasteiger partial charge in [-0.3, -0.25) is 4.79 Å². The number of ether oxygens (including phenoxy) is 2. The van der Waals surface area contributed by atoms with Crippen LogP contribution in [0.2, 0.25) is 0 Å². The van der Waals surface area contributed by atoms with Gasteiger partial charge >= 0.3 is 11.9 Å². The molecule has 136 valence electrons. The number of rotatable bonds is 7. The summed E-state index contributed by atoms with van der Waals surface area (Å²) in [7, 11) is 0. The van der Waals surface area contributed by atoms with Crippen LogP contribution in [0.25, 0.3) is 0 Å². The Kier molecular flexibility index (Phi) is 6.60. The summed E-state index contributed by atoms with van der Waals surface area (Å²) < 4.78 is 9.85. The van der Waals surface area contributed by atoms with Crippen LogP contribution in [0.5, 0.6) is 0 Å². The molecule has 0 aliphatic carbocycles. The van der Waals surface area contributed by atoms with Gasteiger partial charge in [0.15, 0.2) is 18.1 Å². The zero-order valence-corrected chi connectivity index (χ0v) is 14.1. The molecule has 0 bridgehead atoms. The molecule has 26 heavy (non-hydrogen) atoms. The van der Waals surface area contributed by atoms with Crippen LogP contribution in [0.4, 0.5) is 11.5 Å². The largest absolute Gasteiger partial charge is 0.462 e. The Bertz CT molecular complexity index is 792.